The SMILES string of the molecule is Cc1ccsc1CN(C)C(=O)c1c(C)cccc1N. The van der Waals surface area contributed by atoms with E-state index in [2.05, 4.69) is 13.0 Å². The Kier molecular flexibility index (Phi) is 3.90. The van der Waals surface area contributed by atoms with Crippen LogP contribution >= 0.6 is 11.3 Å². The number of carbonyl (C=O) groups excluding carboxylic acids is 1. The summed E-state index contributed by atoms with van der Waals surface area (Å²) in [7, 11) is 1.81. The van der Waals surface area contributed by atoms with Crippen LogP contribution in [0.1, 0.15) is 26.4 Å². The van der Waals surface area contributed by atoms with E-state index in [1.54, 1.807) is 22.3 Å². The molecule has 3 nitrogen and oxygen atoms in total. The van der Waals surface area contributed by atoms with Gasteiger partial charge in [-0.2, -0.15) is 0 Å². The molecule has 0 saturated carbocycles. The summed E-state index contributed by atoms with van der Waals surface area (Å²) >= 11 is 1.67. The third kappa shape index (κ3) is 2.79. The zero-order valence-corrected chi connectivity index (χ0v) is 12.3. The maximum Gasteiger partial charge on any atom is 0.256 e. The number of nitrogen functional groups attached to an aromatic ring is 1. The lowest BCUT2D eigenvalue weighted by Crippen LogP contribution is -2.27. The fourth-order valence-electron chi connectivity index (χ4n) is 2.03. The second kappa shape index (κ2) is 5.45. The zero-order valence-electron chi connectivity index (χ0n) is 11.4. The molecule has 100 valence electrons. The van der Waals surface area contributed by atoms with Gasteiger partial charge in [0.2, 0.25) is 0 Å². The molecule has 0 fully saturated rings. The number of benzene rings is 1. The van der Waals surface area contributed by atoms with Crippen molar-refractivity contribution in [2.45, 2.75) is 20.4 Å². The first-order valence-electron chi connectivity index (χ1n) is 6.14. The van der Waals surface area contributed by atoms with Crippen molar-refractivity contribution in [2.24, 2.45) is 0 Å². The van der Waals surface area contributed by atoms with E-state index >= 15 is 0 Å². The first kappa shape index (κ1) is 13.6. The molecule has 1 aromatic carbocycles. The Morgan fingerprint density at radius 2 is 2.00 bits per heavy atom. The van der Waals surface area contributed by atoms with Crippen LogP contribution in [0.5, 0.6) is 0 Å². The molecule has 1 amide bonds. The van der Waals surface area contributed by atoms with Crippen molar-refractivity contribution in [3.8, 4) is 0 Å². The molecule has 0 aliphatic rings. The van der Waals surface area contributed by atoms with Gasteiger partial charge in [0.15, 0.2) is 0 Å². The lowest BCUT2D eigenvalue weighted by molar-refractivity contribution is 0.0786. The highest BCUT2D eigenvalue weighted by Gasteiger charge is 2.17. The van der Waals surface area contributed by atoms with Crippen LogP contribution in [0.2, 0.25) is 0 Å². The molecule has 0 spiro atoms. The molecule has 4 heteroatoms. The molecular formula is C15H18N2OS. The number of amides is 1. The highest BCUT2D eigenvalue weighted by atomic mass is 32.1. The largest absolute Gasteiger partial charge is 0.398 e. The van der Waals surface area contributed by atoms with E-state index in [1.807, 2.05) is 31.5 Å². The van der Waals surface area contributed by atoms with Gasteiger partial charge in [-0.25, -0.2) is 0 Å². The zero-order chi connectivity index (χ0) is 14.0. The Hall–Kier alpha value is -1.81. The summed E-state index contributed by atoms with van der Waals surface area (Å²) in [4.78, 5) is 15.4. The van der Waals surface area contributed by atoms with E-state index in [9.17, 15) is 4.79 Å². The molecule has 0 atom stereocenters. The predicted octanol–water partition coefficient (Wildman–Crippen LogP) is 3.22. The Labute approximate surface area is 117 Å². The minimum Gasteiger partial charge on any atom is -0.398 e. The minimum atomic E-state index is -0.0246. The normalized spacial score (nSPS) is 10.5. The van der Waals surface area contributed by atoms with Gasteiger partial charge in [0.05, 0.1) is 12.1 Å². The van der Waals surface area contributed by atoms with Crippen LogP contribution in [0.15, 0.2) is 29.6 Å². The number of anilines is 1. The number of thiophene rings is 1. The summed E-state index contributed by atoms with van der Waals surface area (Å²) in [6, 6.07) is 7.61. The Morgan fingerprint density at radius 3 is 2.58 bits per heavy atom. The monoisotopic (exact) mass is 274 g/mol. The Morgan fingerprint density at radius 1 is 1.26 bits per heavy atom. The molecule has 2 rings (SSSR count). The quantitative estimate of drug-likeness (QED) is 0.874. The van der Waals surface area contributed by atoms with E-state index < -0.39 is 0 Å². The molecule has 0 bridgehead atoms. The summed E-state index contributed by atoms with van der Waals surface area (Å²) < 4.78 is 0. The highest BCUT2D eigenvalue weighted by molar-refractivity contribution is 7.10. The molecule has 0 saturated heterocycles. The first-order chi connectivity index (χ1) is 9.00. The second-order valence-electron chi connectivity index (χ2n) is 4.73. The van der Waals surface area contributed by atoms with Crippen LogP contribution in [-0.4, -0.2) is 17.9 Å². The highest BCUT2D eigenvalue weighted by Crippen LogP contribution is 2.21. The molecule has 2 aromatic rings. The number of hydrogen-bond donors (Lipinski definition) is 1. The van der Waals surface area contributed by atoms with Crippen molar-refractivity contribution in [1.82, 2.24) is 4.90 Å². The van der Waals surface area contributed by atoms with E-state index in [0.29, 0.717) is 17.8 Å². The van der Waals surface area contributed by atoms with Crippen LogP contribution in [0, 0.1) is 13.8 Å². The fraction of sp³-hybridized carbons (Fsp3) is 0.267. The number of hydrogen-bond acceptors (Lipinski definition) is 3. The molecular weight excluding hydrogens is 256 g/mol. The van der Waals surface area contributed by atoms with Crippen LogP contribution in [0.25, 0.3) is 0 Å². The number of nitrogens with two attached hydrogens (primary N) is 1. The van der Waals surface area contributed by atoms with E-state index in [-0.39, 0.29) is 5.91 Å². The van der Waals surface area contributed by atoms with Crippen molar-refractivity contribution in [2.75, 3.05) is 12.8 Å². The van der Waals surface area contributed by atoms with Gasteiger partial charge >= 0.3 is 0 Å². The van der Waals surface area contributed by atoms with E-state index in [1.165, 1.54) is 10.4 Å². The first-order valence-corrected chi connectivity index (χ1v) is 7.02. The van der Waals surface area contributed by atoms with Gasteiger partial charge in [-0.05, 0) is 42.5 Å². The third-order valence-electron chi connectivity index (χ3n) is 3.21. The summed E-state index contributed by atoms with van der Waals surface area (Å²) in [5, 5.41) is 2.05. The Balaban J connectivity index is 2.22. The van der Waals surface area contributed by atoms with Gasteiger partial charge in [-0.15, -0.1) is 11.3 Å². The minimum absolute atomic E-state index is 0.0246. The molecule has 1 heterocycles. The molecule has 0 unspecified atom stereocenters. The van der Waals surface area contributed by atoms with Gasteiger partial charge in [-0.3, -0.25) is 4.79 Å². The predicted molar refractivity (Wildman–Crippen MR) is 80.4 cm³/mol. The lowest BCUT2D eigenvalue weighted by atomic mass is 10.1. The molecule has 1 aromatic heterocycles. The van der Waals surface area contributed by atoms with Gasteiger partial charge in [0.1, 0.15) is 0 Å². The summed E-state index contributed by atoms with van der Waals surface area (Å²) in [5.41, 5.74) is 9.21. The fourth-order valence-corrected chi connectivity index (χ4v) is 2.99. The number of aryl methyl sites for hydroxylation is 2. The van der Waals surface area contributed by atoms with Gasteiger partial charge < -0.3 is 10.6 Å². The number of carbonyl (C=O) groups is 1. The standard InChI is InChI=1S/C15H18N2OS/c1-10-7-8-19-13(10)9-17(3)15(18)14-11(2)5-4-6-12(14)16/h4-8H,9,16H2,1-3H3. The average molecular weight is 274 g/mol. The topological polar surface area (TPSA) is 46.3 Å². The van der Waals surface area contributed by atoms with Crippen LogP contribution in [-0.2, 0) is 6.54 Å². The third-order valence-corrected chi connectivity index (χ3v) is 4.22. The van der Waals surface area contributed by atoms with Gasteiger partial charge in [0, 0.05) is 17.6 Å². The number of nitrogens with zero attached hydrogens (tertiary/aromatic N) is 1. The van der Waals surface area contributed by atoms with Crippen molar-refractivity contribution < 1.29 is 4.79 Å². The molecule has 0 radical (unpaired) electrons. The van der Waals surface area contributed by atoms with Gasteiger partial charge in [-0.1, -0.05) is 12.1 Å². The summed E-state index contributed by atoms with van der Waals surface area (Å²) in [5.74, 6) is -0.0246. The molecule has 2 N–H and O–H groups in total. The molecule has 0 aliphatic carbocycles. The van der Waals surface area contributed by atoms with Crippen molar-refractivity contribution in [1.29, 1.82) is 0 Å². The summed E-state index contributed by atoms with van der Waals surface area (Å²) in [6.07, 6.45) is 0. The van der Waals surface area contributed by atoms with E-state index in [0.717, 1.165) is 5.56 Å². The smallest absolute Gasteiger partial charge is 0.256 e. The van der Waals surface area contributed by atoms with Gasteiger partial charge in [0.25, 0.3) is 5.91 Å². The maximum atomic E-state index is 12.5. The van der Waals surface area contributed by atoms with Crippen LogP contribution in [0.3, 0.4) is 0 Å². The van der Waals surface area contributed by atoms with Crippen molar-refractivity contribution in [3.63, 3.8) is 0 Å². The Bertz CT molecular complexity index is 584. The second-order valence-corrected chi connectivity index (χ2v) is 5.73. The van der Waals surface area contributed by atoms with Crippen molar-refractivity contribution in [3.05, 3.63) is 51.2 Å². The lowest BCUT2D eigenvalue weighted by Gasteiger charge is -2.19. The number of rotatable bonds is 3. The average Bonchev–Trinajstić information content (AvgIpc) is 2.74. The maximum absolute atomic E-state index is 12.5. The molecule has 0 aliphatic heterocycles. The van der Waals surface area contributed by atoms with Crippen LogP contribution < -0.4 is 5.73 Å². The summed E-state index contributed by atoms with van der Waals surface area (Å²) in [6.45, 7) is 4.59. The van der Waals surface area contributed by atoms with Crippen molar-refractivity contribution >= 4 is 22.9 Å². The molecule has 19 heavy (non-hydrogen) atoms. The van der Waals surface area contributed by atoms with Crippen LogP contribution in [0.4, 0.5) is 5.69 Å². The van der Waals surface area contributed by atoms with E-state index in [4.69, 9.17) is 5.73 Å².